The number of amides is 2. The second-order valence-electron chi connectivity index (χ2n) is 9.17. The molecule has 2 N–H and O–H groups in total. The van der Waals surface area contributed by atoms with Crippen molar-refractivity contribution in [1.82, 2.24) is 0 Å². The molecule has 0 atom stereocenters. The number of hydrogen-bond donors (Lipinski definition) is 2. The molecule has 0 aliphatic rings. The molecule has 1 aromatic heterocycles. The van der Waals surface area contributed by atoms with Gasteiger partial charge in [0.1, 0.15) is 5.58 Å². The van der Waals surface area contributed by atoms with E-state index in [2.05, 4.69) is 63.5 Å². The topological polar surface area (TPSA) is 54.3 Å². The highest BCUT2D eigenvalue weighted by Gasteiger charge is 2.22. The predicted molar refractivity (Wildman–Crippen MR) is 143 cm³/mol. The summed E-state index contributed by atoms with van der Waals surface area (Å²) < 4.78 is 6.14. The number of urea groups is 1. The molecule has 2 amide bonds. The minimum atomic E-state index is -0.349. The van der Waals surface area contributed by atoms with Crippen molar-refractivity contribution in [1.29, 1.82) is 0 Å². The van der Waals surface area contributed by atoms with E-state index in [1.807, 2.05) is 42.5 Å². The van der Waals surface area contributed by atoms with Crippen LogP contribution in [-0.4, -0.2) is 6.03 Å². The summed E-state index contributed by atoms with van der Waals surface area (Å²) in [6.07, 6.45) is 0.899. The van der Waals surface area contributed by atoms with Gasteiger partial charge >= 0.3 is 6.03 Å². The molecule has 0 aliphatic heterocycles. The van der Waals surface area contributed by atoms with E-state index in [4.69, 9.17) is 16.0 Å². The molecule has 4 aromatic rings. The molecule has 0 unspecified atom stereocenters. The molecule has 34 heavy (non-hydrogen) atoms. The van der Waals surface area contributed by atoms with E-state index in [0.29, 0.717) is 16.5 Å². The number of carbonyl (C=O) groups excluding carboxylic acids is 1. The Hall–Kier alpha value is -3.24. The van der Waals surface area contributed by atoms with Crippen molar-refractivity contribution in [3.05, 3.63) is 82.4 Å². The molecule has 0 spiro atoms. The number of nitrogens with one attached hydrogen (secondary N) is 2. The number of furan rings is 1. The van der Waals surface area contributed by atoms with E-state index >= 15 is 0 Å². The Bertz CT molecular complexity index is 1310. The fraction of sp³-hybridized carbons (Fsp3) is 0.276. The number of aryl methyl sites for hydroxylation is 1. The SMILES string of the molecule is CCc1ccc2oc(NC(=O)Nc3c(C(C)C)cccc3C(C)C)c(-c3ccccc3Cl)c2c1. The molecule has 5 heteroatoms. The van der Waals surface area contributed by atoms with Crippen LogP contribution in [0.2, 0.25) is 5.02 Å². The normalized spacial score (nSPS) is 11.4. The Labute approximate surface area is 206 Å². The molecule has 0 bridgehead atoms. The van der Waals surface area contributed by atoms with Crippen LogP contribution in [0.3, 0.4) is 0 Å². The molecule has 0 radical (unpaired) electrons. The van der Waals surface area contributed by atoms with Gasteiger partial charge in [-0.1, -0.05) is 88.7 Å². The largest absolute Gasteiger partial charge is 0.440 e. The monoisotopic (exact) mass is 474 g/mol. The van der Waals surface area contributed by atoms with Crippen molar-refractivity contribution in [2.75, 3.05) is 10.6 Å². The van der Waals surface area contributed by atoms with E-state index < -0.39 is 0 Å². The van der Waals surface area contributed by atoms with Gasteiger partial charge in [-0.05, 0) is 53.1 Å². The molecule has 0 aliphatic carbocycles. The maximum atomic E-state index is 13.3. The standard InChI is InChI=1S/C29H31ClN2O2/c1-6-19-14-15-25-23(16-19)26(22-10-7-8-13-24(22)30)28(34-25)32-29(33)31-27-20(17(2)3)11-9-12-21(27)18(4)5/h7-18H,6H2,1-5H3,(H2,31,32,33). The van der Waals surface area contributed by atoms with Crippen LogP contribution in [0.4, 0.5) is 16.4 Å². The third-order valence-electron chi connectivity index (χ3n) is 6.14. The summed E-state index contributed by atoms with van der Waals surface area (Å²) in [6, 6.07) is 19.5. The number of fused-ring (bicyclic) bond motifs is 1. The highest BCUT2D eigenvalue weighted by molar-refractivity contribution is 6.34. The second-order valence-corrected chi connectivity index (χ2v) is 9.58. The minimum absolute atomic E-state index is 0.270. The lowest BCUT2D eigenvalue weighted by atomic mass is 9.93. The van der Waals surface area contributed by atoms with Crippen molar-refractivity contribution in [2.24, 2.45) is 0 Å². The first kappa shape index (κ1) is 23.9. The van der Waals surface area contributed by atoms with Crippen LogP contribution < -0.4 is 10.6 Å². The van der Waals surface area contributed by atoms with Gasteiger partial charge in [0.15, 0.2) is 0 Å². The maximum Gasteiger partial charge on any atom is 0.326 e. The van der Waals surface area contributed by atoms with Gasteiger partial charge in [0.05, 0.1) is 5.56 Å². The number of benzene rings is 3. The van der Waals surface area contributed by atoms with Crippen molar-refractivity contribution in [3.63, 3.8) is 0 Å². The molecule has 1 heterocycles. The Morgan fingerprint density at radius 1 is 0.912 bits per heavy atom. The zero-order valence-corrected chi connectivity index (χ0v) is 21.1. The summed E-state index contributed by atoms with van der Waals surface area (Å²) in [7, 11) is 0. The Balaban J connectivity index is 1.77. The van der Waals surface area contributed by atoms with Gasteiger partial charge in [0.25, 0.3) is 0 Å². The third kappa shape index (κ3) is 4.69. The van der Waals surface area contributed by atoms with Gasteiger partial charge in [-0.2, -0.15) is 0 Å². The van der Waals surface area contributed by atoms with Crippen LogP contribution in [0, 0.1) is 0 Å². The zero-order chi connectivity index (χ0) is 24.4. The minimum Gasteiger partial charge on any atom is -0.440 e. The lowest BCUT2D eigenvalue weighted by molar-refractivity contribution is 0.261. The summed E-state index contributed by atoms with van der Waals surface area (Å²) in [5, 5.41) is 7.60. The number of rotatable bonds is 6. The van der Waals surface area contributed by atoms with Crippen LogP contribution in [0.1, 0.15) is 63.1 Å². The molecule has 0 saturated carbocycles. The van der Waals surface area contributed by atoms with Crippen LogP contribution in [0.25, 0.3) is 22.1 Å². The highest BCUT2D eigenvalue weighted by atomic mass is 35.5. The van der Waals surface area contributed by atoms with Gasteiger partial charge in [-0.3, -0.25) is 5.32 Å². The number of anilines is 2. The molecule has 3 aromatic carbocycles. The molecule has 0 fully saturated rings. The van der Waals surface area contributed by atoms with Crippen molar-refractivity contribution < 1.29 is 9.21 Å². The van der Waals surface area contributed by atoms with Crippen LogP contribution in [0.15, 0.2) is 65.1 Å². The van der Waals surface area contributed by atoms with E-state index in [-0.39, 0.29) is 17.9 Å². The smallest absolute Gasteiger partial charge is 0.326 e. The van der Waals surface area contributed by atoms with E-state index in [1.54, 1.807) is 0 Å². The summed E-state index contributed by atoms with van der Waals surface area (Å²) in [5.74, 6) is 0.916. The second kappa shape index (κ2) is 9.94. The first-order chi connectivity index (χ1) is 16.3. The third-order valence-corrected chi connectivity index (χ3v) is 6.47. The molecule has 4 nitrogen and oxygen atoms in total. The Morgan fingerprint density at radius 3 is 2.21 bits per heavy atom. The first-order valence-electron chi connectivity index (χ1n) is 11.8. The fourth-order valence-electron chi connectivity index (χ4n) is 4.33. The molecule has 4 rings (SSSR count). The van der Waals surface area contributed by atoms with Crippen LogP contribution >= 0.6 is 11.6 Å². The summed E-state index contributed by atoms with van der Waals surface area (Å²) >= 11 is 6.57. The number of carbonyl (C=O) groups is 1. The highest BCUT2D eigenvalue weighted by Crippen LogP contribution is 2.42. The maximum absolute atomic E-state index is 13.3. The van der Waals surface area contributed by atoms with Crippen molar-refractivity contribution in [3.8, 4) is 11.1 Å². The summed E-state index contributed by atoms with van der Waals surface area (Å²) in [6.45, 7) is 10.6. The average molecular weight is 475 g/mol. The van der Waals surface area contributed by atoms with Crippen molar-refractivity contribution >= 4 is 40.2 Å². The fourth-order valence-corrected chi connectivity index (χ4v) is 4.56. The van der Waals surface area contributed by atoms with Gasteiger partial charge in [-0.25, -0.2) is 4.79 Å². The molecule has 176 valence electrons. The number of halogens is 1. The molecular formula is C29H31ClN2O2. The number of hydrogen-bond acceptors (Lipinski definition) is 2. The van der Waals surface area contributed by atoms with E-state index in [1.165, 1.54) is 5.56 Å². The van der Waals surface area contributed by atoms with Gasteiger partial charge < -0.3 is 9.73 Å². The van der Waals surface area contributed by atoms with E-state index in [9.17, 15) is 4.79 Å². The quantitative estimate of drug-likeness (QED) is 0.292. The Kier molecular flexibility index (Phi) is 6.99. The lowest BCUT2D eigenvalue weighted by Gasteiger charge is -2.20. The molecule has 0 saturated heterocycles. The van der Waals surface area contributed by atoms with Gasteiger partial charge in [0, 0.05) is 21.7 Å². The molecular weight excluding hydrogens is 444 g/mol. The van der Waals surface area contributed by atoms with Gasteiger partial charge in [0.2, 0.25) is 5.88 Å². The lowest BCUT2D eigenvalue weighted by Crippen LogP contribution is -2.21. The number of para-hydroxylation sites is 1. The first-order valence-corrected chi connectivity index (χ1v) is 12.2. The van der Waals surface area contributed by atoms with Crippen LogP contribution in [0.5, 0.6) is 0 Å². The Morgan fingerprint density at radius 2 is 1.59 bits per heavy atom. The zero-order valence-electron chi connectivity index (χ0n) is 20.3. The predicted octanol–water partition coefficient (Wildman–Crippen LogP) is 9.21. The average Bonchev–Trinajstić information content (AvgIpc) is 3.15. The summed E-state index contributed by atoms with van der Waals surface area (Å²) in [4.78, 5) is 13.3. The van der Waals surface area contributed by atoms with Crippen molar-refractivity contribution in [2.45, 2.75) is 52.9 Å². The summed E-state index contributed by atoms with van der Waals surface area (Å²) in [5.41, 5.74) is 6.55. The van der Waals surface area contributed by atoms with Crippen LogP contribution in [-0.2, 0) is 6.42 Å². The van der Waals surface area contributed by atoms with E-state index in [0.717, 1.165) is 39.7 Å². The van der Waals surface area contributed by atoms with Gasteiger partial charge in [-0.15, -0.1) is 0 Å².